The van der Waals surface area contributed by atoms with Crippen molar-refractivity contribution in [1.29, 1.82) is 0 Å². The van der Waals surface area contributed by atoms with Gasteiger partial charge in [-0.25, -0.2) is 4.79 Å². The lowest BCUT2D eigenvalue weighted by Gasteiger charge is -2.20. The summed E-state index contributed by atoms with van der Waals surface area (Å²) in [4.78, 5) is 15.9. The summed E-state index contributed by atoms with van der Waals surface area (Å²) in [5.74, 6) is 0.159. The van der Waals surface area contributed by atoms with Crippen molar-refractivity contribution >= 4 is 29.2 Å². The molecule has 0 unspecified atom stereocenters. The van der Waals surface area contributed by atoms with Gasteiger partial charge in [-0.05, 0) is 18.6 Å². The molecule has 2 saturated heterocycles. The molecule has 0 bridgehead atoms. The average Bonchev–Trinajstić information content (AvgIpc) is 2.96. The van der Waals surface area contributed by atoms with E-state index in [1.54, 1.807) is 17.0 Å². The molecule has 0 spiro atoms. The summed E-state index contributed by atoms with van der Waals surface area (Å²) < 4.78 is 0. The smallest absolute Gasteiger partial charge is 0.320 e. The number of nitrogens with two attached hydrogens (primary N) is 1. The first-order chi connectivity index (χ1) is 10.0. The monoisotopic (exact) mass is 329 g/mol. The summed E-state index contributed by atoms with van der Waals surface area (Å²) in [5.41, 5.74) is 6.17. The zero-order valence-electron chi connectivity index (χ0n) is 11.4. The van der Waals surface area contributed by atoms with Crippen LogP contribution in [0, 0.1) is 0 Å². The molecule has 21 heavy (non-hydrogen) atoms. The third kappa shape index (κ3) is 2.43. The second-order valence-electron chi connectivity index (χ2n) is 5.55. The van der Waals surface area contributed by atoms with Crippen molar-refractivity contribution in [2.75, 3.05) is 26.2 Å². The Morgan fingerprint density at radius 3 is 2.76 bits per heavy atom. The van der Waals surface area contributed by atoms with Gasteiger partial charge in [0, 0.05) is 37.7 Å². The van der Waals surface area contributed by atoms with Gasteiger partial charge < -0.3 is 20.6 Å². The zero-order valence-corrected chi connectivity index (χ0v) is 12.9. The van der Waals surface area contributed by atoms with Gasteiger partial charge in [-0.2, -0.15) is 0 Å². The van der Waals surface area contributed by atoms with Crippen LogP contribution in [-0.4, -0.2) is 53.2 Å². The van der Waals surface area contributed by atoms with Gasteiger partial charge in [-0.1, -0.05) is 23.2 Å². The molecule has 0 radical (unpaired) electrons. The quantitative estimate of drug-likeness (QED) is 0.893. The highest BCUT2D eigenvalue weighted by Crippen LogP contribution is 2.44. The predicted octanol–water partition coefficient (Wildman–Crippen LogP) is 2.25. The predicted molar refractivity (Wildman–Crippen MR) is 82.0 cm³/mol. The van der Waals surface area contributed by atoms with E-state index in [-0.39, 0.29) is 23.7 Å². The molecule has 114 valence electrons. The largest absolute Gasteiger partial charge is 0.508 e. The highest BCUT2D eigenvalue weighted by Gasteiger charge is 2.45. The lowest BCUT2D eigenvalue weighted by Crippen LogP contribution is -2.35. The van der Waals surface area contributed by atoms with Gasteiger partial charge in [0.1, 0.15) is 5.75 Å². The van der Waals surface area contributed by atoms with Gasteiger partial charge in [0.25, 0.3) is 0 Å². The van der Waals surface area contributed by atoms with Gasteiger partial charge in [0.2, 0.25) is 0 Å². The van der Waals surface area contributed by atoms with Crippen LogP contribution in [0.5, 0.6) is 5.75 Å². The number of hydrogen-bond donors (Lipinski definition) is 2. The molecule has 0 aliphatic carbocycles. The third-order valence-corrected chi connectivity index (χ3v) is 5.10. The Hall–Kier alpha value is -1.17. The number of phenolic OH excluding ortho intramolecular Hbond substituents is 1. The van der Waals surface area contributed by atoms with Gasteiger partial charge in [0.15, 0.2) is 0 Å². The Morgan fingerprint density at radius 2 is 2.10 bits per heavy atom. The highest BCUT2D eigenvalue weighted by atomic mass is 35.5. The van der Waals surface area contributed by atoms with Gasteiger partial charge in [-0.15, -0.1) is 0 Å². The first kappa shape index (κ1) is 14.8. The van der Waals surface area contributed by atoms with Crippen molar-refractivity contribution in [3.8, 4) is 5.75 Å². The van der Waals surface area contributed by atoms with Gasteiger partial charge >= 0.3 is 6.03 Å². The Kier molecular flexibility index (Phi) is 3.90. The van der Waals surface area contributed by atoms with Crippen LogP contribution in [0.3, 0.4) is 0 Å². The number of amides is 2. The van der Waals surface area contributed by atoms with Crippen LogP contribution < -0.4 is 5.73 Å². The van der Waals surface area contributed by atoms with E-state index >= 15 is 0 Å². The number of hydrogen-bond acceptors (Lipinski definition) is 3. The van der Waals surface area contributed by atoms with Crippen molar-refractivity contribution in [3.63, 3.8) is 0 Å². The van der Waals surface area contributed by atoms with E-state index in [0.29, 0.717) is 41.8 Å². The molecule has 7 heteroatoms. The number of nitrogens with zero attached hydrogens (tertiary/aromatic N) is 2. The molecular formula is C14H17Cl2N3O2. The van der Waals surface area contributed by atoms with E-state index in [0.717, 1.165) is 6.42 Å². The van der Waals surface area contributed by atoms with Crippen molar-refractivity contribution in [3.05, 3.63) is 27.7 Å². The molecule has 2 amide bonds. The lowest BCUT2D eigenvalue weighted by molar-refractivity contribution is 0.193. The molecule has 5 nitrogen and oxygen atoms in total. The number of aromatic hydroxyl groups is 1. The Bertz CT molecular complexity index is 582. The van der Waals surface area contributed by atoms with E-state index in [1.165, 1.54) is 0 Å². The van der Waals surface area contributed by atoms with Gasteiger partial charge in [0.05, 0.1) is 16.1 Å². The summed E-state index contributed by atoms with van der Waals surface area (Å²) >= 11 is 12.3. The summed E-state index contributed by atoms with van der Waals surface area (Å²) in [5, 5.41) is 10.9. The summed E-state index contributed by atoms with van der Waals surface area (Å²) in [7, 11) is 0. The fourth-order valence-corrected chi connectivity index (χ4v) is 3.81. The summed E-state index contributed by atoms with van der Waals surface area (Å²) in [6.45, 7) is 2.29. The SMILES string of the molecule is NCCN1C[C@@H]2C[C@H](c3c(O)ccc(Cl)c3Cl)CN2C1=O. The van der Waals surface area contributed by atoms with Crippen LogP contribution in [0.25, 0.3) is 0 Å². The summed E-state index contributed by atoms with van der Waals surface area (Å²) in [6.07, 6.45) is 0.778. The lowest BCUT2D eigenvalue weighted by atomic mass is 9.95. The number of carbonyl (C=O) groups is 1. The maximum atomic E-state index is 12.3. The maximum absolute atomic E-state index is 12.3. The van der Waals surface area contributed by atoms with Crippen molar-refractivity contribution < 1.29 is 9.90 Å². The van der Waals surface area contributed by atoms with Crippen LogP contribution in [0.1, 0.15) is 17.9 Å². The van der Waals surface area contributed by atoms with Crippen LogP contribution in [0.15, 0.2) is 12.1 Å². The molecule has 2 heterocycles. The fraction of sp³-hybridized carbons (Fsp3) is 0.500. The van der Waals surface area contributed by atoms with E-state index in [1.807, 2.05) is 4.90 Å². The van der Waals surface area contributed by atoms with E-state index in [2.05, 4.69) is 0 Å². The highest BCUT2D eigenvalue weighted by molar-refractivity contribution is 6.42. The number of benzene rings is 1. The Labute approximate surface area is 133 Å². The van der Waals surface area contributed by atoms with Crippen LogP contribution >= 0.6 is 23.2 Å². The number of halogens is 2. The number of carbonyl (C=O) groups excluding carboxylic acids is 1. The van der Waals surface area contributed by atoms with Crippen molar-refractivity contribution in [2.24, 2.45) is 5.73 Å². The third-order valence-electron chi connectivity index (χ3n) is 4.28. The second-order valence-corrected chi connectivity index (χ2v) is 6.34. The molecule has 2 fully saturated rings. The van der Waals surface area contributed by atoms with E-state index < -0.39 is 0 Å². The maximum Gasteiger partial charge on any atom is 0.320 e. The second kappa shape index (κ2) is 5.55. The molecule has 2 aliphatic heterocycles. The fourth-order valence-electron chi connectivity index (χ4n) is 3.33. The Balaban J connectivity index is 1.82. The molecule has 0 aromatic heterocycles. The number of fused-ring (bicyclic) bond motifs is 1. The molecule has 3 rings (SSSR count). The number of urea groups is 1. The first-order valence-electron chi connectivity index (χ1n) is 6.95. The number of phenols is 1. The minimum absolute atomic E-state index is 0.0187. The van der Waals surface area contributed by atoms with Crippen LogP contribution in [0.2, 0.25) is 10.0 Å². The molecule has 2 aliphatic rings. The zero-order chi connectivity index (χ0) is 15.1. The van der Waals surface area contributed by atoms with Crippen LogP contribution in [0.4, 0.5) is 4.79 Å². The summed E-state index contributed by atoms with van der Waals surface area (Å²) in [6, 6.07) is 3.30. The van der Waals surface area contributed by atoms with Crippen molar-refractivity contribution in [1.82, 2.24) is 9.80 Å². The first-order valence-corrected chi connectivity index (χ1v) is 7.71. The standard InChI is InChI=1S/C14H17Cl2N3O2/c15-10-1-2-11(20)12(13(10)16)8-5-9-7-18(4-3-17)14(21)19(9)6-8/h1-2,8-9,20H,3-7,17H2/t8-,9-/m0/s1. The number of rotatable bonds is 3. The molecule has 0 saturated carbocycles. The van der Waals surface area contributed by atoms with E-state index in [4.69, 9.17) is 28.9 Å². The topological polar surface area (TPSA) is 69.8 Å². The normalized spacial score (nSPS) is 24.8. The average molecular weight is 330 g/mol. The molecular weight excluding hydrogens is 313 g/mol. The van der Waals surface area contributed by atoms with Gasteiger partial charge in [-0.3, -0.25) is 0 Å². The molecule has 1 aromatic carbocycles. The molecule has 1 aromatic rings. The van der Waals surface area contributed by atoms with Crippen LogP contribution in [-0.2, 0) is 0 Å². The molecule has 2 atom stereocenters. The Morgan fingerprint density at radius 1 is 1.33 bits per heavy atom. The molecule has 3 N–H and O–H groups in total. The van der Waals surface area contributed by atoms with E-state index in [9.17, 15) is 9.90 Å². The minimum Gasteiger partial charge on any atom is -0.508 e. The minimum atomic E-state index is 0.0187. The van der Waals surface area contributed by atoms with Crippen molar-refractivity contribution in [2.45, 2.75) is 18.4 Å².